The van der Waals surface area contributed by atoms with Crippen LogP contribution in [0.15, 0.2) is 70.9 Å². The molecule has 2 aliphatic carbocycles. The van der Waals surface area contributed by atoms with Gasteiger partial charge in [-0.15, -0.1) is 0 Å². The van der Waals surface area contributed by atoms with Crippen molar-refractivity contribution in [1.82, 2.24) is 4.67 Å². The summed E-state index contributed by atoms with van der Waals surface area (Å²) in [5, 5.41) is 10.4. The average Bonchev–Trinajstić information content (AvgIpc) is 3.60. The fraction of sp³-hybridized carbons (Fsp3) is 0.400. The first-order valence-electron chi connectivity index (χ1n) is 11.9. The predicted octanol–water partition coefficient (Wildman–Crippen LogP) is 4.67. The molecule has 7 heteroatoms. The van der Waals surface area contributed by atoms with E-state index in [1.165, 1.54) is 31.4 Å². The van der Waals surface area contributed by atoms with E-state index in [9.17, 15) is 0 Å². The molecule has 3 aliphatic heterocycles. The van der Waals surface area contributed by atoms with Crippen molar-refractivity contribution in [1.29, 1.82) is 0 Å². The van der Waals surface area contributed by atoms with Crippen LogP contribution in [0.25, 0.3) is 0 Å². The molecule has 32 heavy (non-hydrogen) atoms. The van der Waals surface area contributed by atoms with E-state index in [0.29, 0.717) is 17.7 Å². The van der Waals surface area contributed by atoms with Crippen molar-refractivity contribution >= 4 is 25.7 Å². The maximum atomic E-state index is 6.99. The topological polar surface area (TPSA) is 49.4 Å². The minimum atomic E-state index is -3.96. The minimum absolute atomic E-state index is 0.0248. The predicted molar refractivity (Wildman–Crippen MR) is 125 cm³/mol. The van der Waals surface area contributed by atoms with E-state index in [0.717, 1.165) is 30.4 Å². The van der Waals surface area contributed by atoms with Gasteiger partial charge in [-0.05, 0) is 0 Å². The SMILES string of the molecule is C[Si-]123OC(c4ccccc4)=NN1C1(CCCC1)[C@H]1CCCC1=[N+]2N=C(c1ccccc1)O3. The Kier molecular flexibility index (Phi) is 3.55. The number of hydrazone groups is 2. The van der Waals surface area contributed by atoms with E-state index in [1.807, 2.05) is 36.4 Å². The number of benzene rings is 2. The summed E-state index contributed by atoms with van der Waals surface area (Å²) in [4.78, 5) is 0. The van der Waals surface area contributed by atoms with Gasteiger partial charge in [-0.3, -0.25) is 0 Å². The zero-order chi connectivity index (χ0) is 21.4. The van der Waals surface area contributed by atoms with Crippen molar-refractivity contribution in [2.45, 2.75) is 57.0 Å². The number of nitrogens with zero attached hydrogens (tertiary/aromatic N) is 4. The summed E-state index contributed by atoms with van der Waals surface area (Å²) < 4.78 is 18.5. The Labute approximate surface area is 188 Å². The molecular formula is C25H28N4O2Si. The second-order valence-electron chi connectivity index (χ2n) is 10.0. The summed E-state index contributed by atoms with van der Waals surface area (Å²) >= 11 is 0. The number of rotatable bonds is 2. The molecule has 1 atom stereocenters. The van der Waals surface area contributed by atoms with Crippen molar-refractivity contribution in [3.05, 3.63) is 71.8 Å². The molecule has 2 saturated carbocycles. The number of fused-ring (bicyclic) bond motifs is 3. The van der Waals surface area contributed by atoms with Crippen LogP contribution in [0.2, 0.25) is 6.55 Å². The van der Waals surface area contributed by atoms with E-state index in [1.54, 1.807) is 0 Å². The van der Waals surface area contributed by atoms with E-state index >= 15 is 0 Å². The maximum absolute atomic E-state index is 6.99. The molecule has 0 bridgehead atoms. The van der Waals surface area contributed by atoms with Crippen molar-refractivity contribution in [2.24, 2.45) is 16.1 Å². The fourth-order valence-electron chi connectivity index (χ4n) is 6.92. The van der Waals surface area contributed by atoms with Crippen LogP contribution in [-0.4, -0.2) is 40.2 Å². The van der Waals surface area contributed by atoms with Gasteiger partial charge < -0.3 is 0 Å². The van der Waals surface area contributed by atoms with Gasteiger partial charge in [-0.25, -0.2) is 0 Å². The van der Waals surface area contributed by atoms with Gasteiger partial charge in [0.05, 0.1) is 0 Å². The second kappa shape index (κ2) is 6.10. The molecule has 0 amide bonds. The summed E-state index contributed by atoms with van der Waals surface area (Å²) in [5.41, 5.74) is 3.37. The molecule has 0 unspecified atom stereocenters. The standard InChI is InChI=1S/C25H28N4O2Si/c1-32-28(26-23(30-32)19-11-4-2-5-12-19)22-16-10-15-21(22)25(17-8-9-18-25)29(32)27-24(31-32)20-13-6-3-7-14-20/h2-7,11-14,21H,8-10,15-18H2,1H3/t21-/m0/s1. The third kappa shape index (κ3) is 2.17. The van der Waals surface area contributed by atoms with Gasteiger partial charge in [0.15, 0.2) is 0 Å². The van der Waals surface area contributed by atoms with Crippen LogP contribution in [0.4, 0.5) is 0 Å². The normalized spacial score (nSPS) is 29.2. The summed E-state index contributed by atoms with van der Waals surface area (Å²) in [5.74, 6) is 1.79. The third-order valence-electron chi connectivity index (χ3n) is 8.19. The Balaban J connectivity index is 1.47. The molecule has 0 radical (unpaired) electrons. The van der Waals surface area contributed by atoms with Crippen molar-refractivity contribution in [3.8, 4) is 0 Å². The number of hydrogen-bond donors (Lipinski definition) is 0. The molecule has 0 N–H and O–H groups in total. The third-order valence-corrected chi connectivity index (χ3v) is 12.4. The van der Waals surface area contributed by atoms with Crippen LogP contribution in [0.5, 0.6) is 0 Å². The van der Waals surface area contributed by atoms with Crippen LogP contribution in [0.1, 0.15) is 56.1 Å². The molecule has 164 valence electrons. The summed E-state index contributed by atoms with van der Waals surface area (Å²) in [7, 11) is -3.96. The first kappa shape index (κ1) is 18.6. The summed E-state index contributed by atoms with van der Waals surface area (Å²) in [6.07, 6.45) is 8.23. The van der Waals surface area contributed by atoms with E-state index in [4.69, 9.17) is 19.1 Å². The first-order chi connectivity index (χ1) is 15.6. The molecule has 2 aromatic rings. The van der Waals surface area contributed by atoms with Crippen LogP contribution in [0, 0.1) is 5.92 Å². The van der Waals surface area contributed by atoms with E-state index < -0.39 is 8.16 Å². The van der Waals surface area contributed by atoms with Gasteiger partial charge in [0, 0.05) is 0 Å². The fourth-order valence-corrected chi connectivity index (χ4v) is 11.6. The van der Waals surface area contributed by atoms with E-state index in [2.05, 4.69) is 39.8 Å². The molecule has 2 spiro atoms. The van der Waals surface area contributed by atoms with Crippen LogP contribution >= 0.6 is 0 Å². The van der Waals surface area contributed by atoms with Gasteiger partial charge >= 0.3 is 188 Å². The Bertz CT molecular complexity index is 1200. The van der Waals surface area contributed by atoms with Gasteiger partial charge in [-0.1, -0.05) is 0 Å². The van der Waals surface area contributed by atoms with Crippen LogP contribution < -0.4 is 0 Å². The molecule has 2 fully saturated rings. The zero-order valence-corrected chi connectivity index (χ0v) is 19.4. The van der Waals surface area contributed by atoms with Crippen LogP contribution in [0.3, 0.4) is 0 Å². The Morgan fingerprint density at radius 2 is 1.53 bits per heavy atom. The molecule has 3 heterocycles. The van der Waals surface area contributed by atoms with Crippen molar-refractivity contribution in [2.75, 3.05) is 0 Å². The Morgan fingerprint density at radius 3 is 2.22 bits per heavy atom. The zero-order valence-electron chi connectivity index (χ0n) is 18.4. The first-order valence-corrected chi connectivity index (χ1v) is 14.6. The van der Waals surface area contributed by atoms with Crippen molar-refractivity contribution < 1.29 is 13.2 Å². The van der Waals surface area contributed by atoms with Crippen LogP contribution in [-0.2, 0) is 8.85 Å². The molecule has 2 aromatic carbocycles. The summed E-state index contributed by atoms with van der Waals surface area (Å²) in [6, 6.07) is 20.5. The van der Waals surface area contributed by atoms with Gasteiger partial charge in [0.1, 0.15) is 0 Å². The molecule has 5 aliphatic rings. The van der Waals surface area contributed by atoms with Crippen molar-refractivity contribution in [3.63, 3.8) is 0 Å². The monoisotopic (exact) mass is 444 g/mol. The molecule has 7 rings (SSSR count). The summed E-state index contributed by atoms with van der Waals surface area (Å²) in [6.45, 7) is 2.18. The quantitative estimate of drug-likeness (QED) is 0.633. The Hall–Kier alpha value is -2.93. The molecule has 0 aromatic heterocycles. The number of hydrogen-bond acceptors (Lipinski definition) is 5. The second-order valence-corrected chi connectivity index (χ2v) is 14.1. The molecule has 0 saturated heterocycles. The molecular weight excluding hydrogens is 416 g/mol. The average molecular weight is 445 g/mol. The van der Waals surface area contributed by atoms with E-state index in [-0.39, 0.29) is 5.54 Å². The van der Waals surface area contributed by atoms with Gasteiger partial charge in [0.25, 0.3) is 0 Å². The Morgan fingerprint density at radius 1 is 0.906 bits per heavy atom. The van der Waals surface area contributed by atoms with Gasteiger partial charge in [-0.2, -0.15) is 0 Å². The van der Waals surface area contributed by atoms with Gasteiger partial charge in [0.2, 0.25) is 0 Å². The molecule has 6 nitrogen and oxygen atoms in total.